The van der Waals surface area contributed by atoms with Crippen LogP contribution in [-0.4, -0.2) is 78.3 Å². The van der Waals surface area contributed by atoms with E-state index >= 15 is 0 Å². The number of allylic oxidation sites excluding steroid dienone is 1. The van der Waals surface area contributed by atoms with Crippen molar-refractivity contribution in [3.05, 3.63) is 45.9 Å². The van der Waals surface area contributed by atoms with Gasteiger partial charge in [-0.2, -0.15) is 0 Å². The number of piperidine rings is 1. The standard InChI is InChI=1S/C25H31Cl2N3O5/c1-15-12-29(22-7-16(14-31)28-11-21(22)27)6-5-23(15)35-24-4-3-17(9-20(24)26)30-13-19(34-2)8-18(30)10-25(32)33/h3,7,9,11,14-15,18-19,23-24H,4-6,8,10,12-13H2,1-2H3,(H,32,33)/t15?,18-,19-,23?,24?/m1/s1. The summed E-state index contributed by atoms with van der Waals surface area (Å²) in [5.41, 5.74) is 2.10. The molecule has 2 aliphatic heterocycles. The first-order valence-electron chi connectivity index (χ1n) is 11.9. The van der Waals surface area contributed by atoms with E-state index in [-0.39, 0.29) is 36.7 Å². The Balaban J connectivity index is 1.37. The second kappa shape index (κ2) is 11.3. The lowest BCUT2D eigenvalue weighted by atomic mass is 9.95. The molecule has 0 spiro atoms. The molecule has 3 unspecified atom stereocenters. The summed E-state index contributed by atoms with van der Waals surface area (Å²) in [4.78, 5) is 30.7. The number of carbonyl (C=O) groups is 2. The number of carboxylic acids is 1. The van der Waals surface area contributed by atoms with Crippen molar-refractivity contribution in [2.24, 2.45) is 5.92 Å². The Morgan fingerprint density at radius 1 is 1.34 bits per heavy atom. The number of aromatic nitrogens is 1. The van der Waals surface area contributed by atoms with Gasteiger partial charge in [-0.15, -0.1) is 0 Å². The quantitative estimate of drug-likeness (QED) is 0.508. The lowest BCUT2D eigenvalue weighted by Crippen LogP contribution is -2.45. The number of nitrogens with zero attached hydrogens (tertiary/aromatic N) is 3. The molecule has 3 aliphatic rings. The fraction of sp³-hybridized carbons (Fsp3) is 0.560. The van der Waals surface area contributed by atoms with Crippen LogP contribution in [0.25, 0.3) is 0 Å². The zero-order valence-corrected chi connectivity index (χ0v) is 21.4. The van der Waals surface area contributed by atoms with Crippen molar-refractivity contribution < 1.29 is 24.2 Å². The third kappa shape index (κ3) is 6.00. The van der Waals surface area contributed by atoms with E-state index < -0.39 is 5.97 Å². The molecule has 3 heterocycles. The number of ether oxygens (including phenoxy) is 2. The van der Waals surface area contributed by atoms with E-state index in [1.807, 2.05) is 6.08 Å². The third-order valence-corrected chi connectivity index (χ3v) is 7.71. The maximum atomic E-state index is 11.3. The first-order valence-corrected chi connectivity index (χ1v) is 12.6. The second-order valence-corrected chi connectivity index (χ2v) is 10.3. The van der Waals surface area contributed by atoms with Crippen LogP contribution in [0.4, 0.5) is 5.69 Å². The minimum Gasteiger partial charge on any atom is -0.481 e. The Morgan fingerprint density at radius 3 is 2.80 bits per heavy atom. The van der Waals surface area contributed by atoms with Crippen molar-refractivity contribution in [3.8, 4) is 0 Å². The Bertz CT molecular complexity index is 1020. The van der Waals surface area contributed by atoms with Crippen molar-refractivity contribution in [1.29, 1.82) is 0 Å². The maximum Gasteiger partial charge on any atom is 0.305 e. The summed E-state index contributed by atoms with van der Waals surface area (Å²) in [5, 5.41) is 10.5. The molecule has 4 rings (SSSR count). The van der Waals surface area contributed by atoms with Crippen LogP contribution in [0.15, 0.2) is 35.1 Å². The van der Waals surface area contributed by atoms with Crippen LogP contribution in [0.3, 0.4) is 0 Å². The van der Waals surface area contributed by atoms with Gasteiger partial charge in [-0.3, -0.25) is 14.6 Å². The average Bonchev–Trinajstić information content (AvgIpc) is 3.24. The predicted molar refractivity (Wildman–Crippen MR) is 134 cm³/mol. The Labute approximate surface area is 215 Å². The maximum absolute atomic E-state index is 11.3. The molecule has 0 bridgehead atoms. The molecule has 190 valence electrons. The third-order valence-electron chi connectivity index (χ3n) is 7.07. The number of rotatable bonds is 8. The van der Waals surface area contributed by atoms with Gasteiger partial charge in [0.15, 0.2) is 6.29 Å². The lowest BCUT2D eigenvalue weighted by Gasteiger charge is -2.40. The summed E-state index contributed by atoms with van der Waals surface area (Å²) < 4.78 is 11.9. The van der Waals surface area contributed by atoms with E-state index in [1.54, 1.807) is 13.2 Å². The van der Waals surface area contributed by atoms with Gasteiger partial charge in [0, 0.05) is 49.7 Å². The number of halogens is 2. The number of carboxylic acid groups (broad SMARTS) is 1. The van der Waals surface area contributed by atoms with E-state index in [4.69, 9.17) is 32.7 Å². The van der Waals surface area contributed by atoms with Gasteiger partial charge in [-0.1, -0.05) is 36.2 Å². The van der Waals surface area contributed by atoms with Gasteiger partial charge >= 0.3 is 5.97 Å². The highest BCUT2D eigenvalue weighted by molar-refractivity contribution is 6.33. The van der Waals surface area contributed by atoms with Gasteiger partial charge in [-0.05, 0) is 37.3 Å². The molecule has 2 fully saturated rings. The number of anilines is 1. The lowest BCUT2D eigenvalue weighted by molar-refractivity contribution is -0.138. The Hall–Kier alpha value is -2.13. The summed E-state index contributed by atoms with van der Waals surface area (Å²) in [7, 11) is 1.66. The van der Waals surface area contributed by atoms with E-state index in [9.17, 15) is 14.7 Å². The van der Waals surface area contributed by atoms with E-state index in [2.05, 4.69) is 27.8 Å². The SMILES string of the molecule is CO[C@@H]1C[C@H](CC(=O)O)N(C2=CCC(OC3CCN(c4cc(C=O)ncc4Cl)CC3C)C(Cl)=C2)C1. The molecule has 35 heavy (non-hydrogen) atoms. The Kier molecular flexibility index (Phi) is 8.37. The Morgan fingerprint density at radius 2 is 2.14 bits per heavy atom. The highest BCUT2D eigenvalue weighted by Gasteiger charge is 2.36. The monoisotopic (exact) mass is 523 g/mol. The van der Waals surface area contributed by atoms with Crippen LogP contribution < -0.4 is 4.90 Å². The van der Waals surface area contributed by atoms with Gasteiger partial charge in [0.2, 0.25) is 0 Å². The first kappa shape index (κ1) is 25.9. The molecule has 1 aliphatic carbocycles. The zero-order valence-electron chi connectivity index (χ0n) is 19.9. The summed E-state index contributed by atoms with van der Waals surface area (Å²) in [6.45, 7) is 4.27. The molecular formula is C25H31Cl2N3O5. The van der Waals surface area contributed by atoms with Crippen LogP contribution in [0, 0.1) is 5.92 Å². The minimum atomic E-state index is -0.819. The van der Waals surface area contributed by atoms with Gasteiger partial charge in [0.1, 0.15) is 5.69 Å². The first-order chi connectivity index (χ1) is 16.8. The molecule has 1 aromatic rings. The number of hydrogen-bond donors (Lipinski definition) is 1. The summed E-state index contributed by atoms with van der Waals surface area (Å²) >= 11 is 13.0. The van der Waals surface area contributed by atoms with Crippen molar-refractivity contribution >= 4 is 41.1 Å². The predicted octanol–water partition coefficient (Wildman–Crippen LogP) is 4.12. The van der Waals surface area contributed by atoms with E-state index in [1.165, 1.54) is 6.20 Å². The van der Waals surface area contributed by atoms with Crippen LogP contribution in [0.5, 0.6) is 0 Å². The molecule has 8 nitrogen and oxygen atoms in total. The van der Waals surface area contributed by atoms with Crippen LogP contribution in [0.2, 0.25) is 5.02 Å². The molecular weight excluding hydrogens is 493 g/mol. The summed E-state index contributed by atoms with van der Waals surface area (Å²) in [6, 6.07) is 1.60. The minimum absolute atomic E-state index is 0.00365. The molecule has 1 N–H and O–H groups in total. The van der Waals surface area contributed by atoms with Crippen molar-refractivity contribution in [2.75, 3.05) is 31.6 Å². The van der Waals surface area contributed by atoms with Crippen molar-refractivity contribution in [3.63, 3.8) is 0 Å². The van der Waals surface area contributed by atoms with E-state index in [0.717, 1.165) is 37.2 Å². The number of likely N-dealkylation sites (tertiary alicyclic amines) is 1. The normalized spacial score (nSPS) is 29.1. The summed E-state index contributed by atoms with van der Waals surface area (Å²) in [5.74, 6) is -0.594. The second-order valence-electron chi connectivity index (χ2n) is 9.44. The van der Waals surface area contributed by atoms with Gasteiger partial charge in [0.05, 0.1) is 35.4 Å². The number of hydrogen-bond acceptors (Lipinski definition) is 7. The highest BCUT2D eigenvalue weighted by atomic mass is 35.5. The smallest absolute Gasteiger partial charge is 0.305 e. The molecule has 0 amide bonds. The molecule has 5 atom stereocenters. The van der Waals surface area contributed by atoms with Gasteiger partial charge in [-0.25, -0.2) is 0 Å². The number of pyridine rings is 1. The molecule has 0 saturated carbocycles. The number of methoxy groups -OCH3 is 1. The molecule has 2 saturated heterocycles. The molecule has 1 aromatic heterocycles. The topological polar surface area (TPSA) is 92.2 Å². The average molecular weight is 524 g/mol. The summed E-state index contributed by atoms with van der Waals surface area (Å²) in [6.07, 6.45) is 8.20. The van der Waals surface area contributed by atoms with Gasteiger partial charge in [0.25, 0.3) is 0 Å². The fourth-order valence-electron chi connectivity index (χ4n) is 5.22. The van der Waals surface area contributed by atoms with Crippen LogP contribution >= 0.6 is 23.2 Å². The molecule has 10 heteroatoms. The number of carbonyl (C=O) groups excluding carboxylic acids is 1. The zero-order chi connectivity index (χ0) is 25.1. The number of aldehydes is 1. The highest BCUT2D eigenvalue weighted by Crippen LogP contribution is 2.35. The molecule has 0 aromatic carbocycles. The number of aliphatic carboxylic acids is 1. The van der Waals surface area contributed by atoms with Gasteiger partial charge < -0.3 is 24.4 Å². The van der Waals surface area contributed by atoms with Crippen LogP contribution in [0.1, 0.15) is 43.1 Å². The largest absolute Gasteiger partial charge is 0.481 e. The molecule has 0 radical (unpaired) electrons. The van der Waals surface area contributed by atoms with Crippen LogP contribution in [-0.2, 0) is 14.3 Å². The van der Waals surface area contributed by atoms with E-state index in [0.29, 0.717) is 35.1 Å². The van der Waals surface area contributed by atoms with Crippen molar-refractivity contribution in [1.82, 2.24) is 9.88 Å². The van der Waals surface area contributed by atoms with Crippen molar-refractivity contribution in [2.45, 2.75) is 57.0 Å². The fourth-order valence-corrected chi connectivity index (χ4v) is 5.69.